The van der Waals surface area contributed by atoms with E-state index in [1.54, 1.807) is 13.3 Å². The molecule has 2 rings (SSSR count). The first-order chi connectivity index (χ1) is 10.8. The summed E-state index contributed by atoms with van der Waals surface area (Å²) in [4.78, 5) is 4.84. The molecule has 116 valence electrons. The maximum absolute atomic E-state index is 5.75. The summed E-state index contributed by atoms with van der Waals surface area (Å²) < 4.78 is 16.4. The normalized spacial score (nSPS) is 10.5. The van der Waals surface area contributed by atoms with Crippen LogP contribution in [0.1, 0.15) is 6.92 Å². The van der Waals surface area contributed by atoms with Gasteiger partial charge in [0.1, 0.15) is 36.2 Å². The van der Waals surface area contributed by atoms with Crippen LogP contribution in [0.15, 0.2) is 53.7 Å². The lowest BCUT2D eigenvalue weighted by atomic mass is 10.3. The Morgan fingerprint density at radius 3 is 2.41 bits per heavy atom. The topological polar surface area (TPSA) is 49.3 Å². The van der Waals surface area contributed by atoms with Gasteiger partial charge in [-0.25, -0.2) is 0 Å². The van der Waals surface area contributed by atoms with Crippen LogP contribution in [0.25, 0.3) is 0 Å². The van der Waals surface area contributed by atoms with Crippen LogP contribution in [-0.4, -0.2) is 26.5 Å². The Kier molecular flexibility index (Phi) is 6.11. The zero-order valence-corrected chi connectivity index (χ0v) is 12.7. The van der Waals surface area contributed by atoms with E-state index in [-0.39, 0.29) is 0 Å². The Morgan fingerprint density at radius 2 is 1.68 bits per heavy atom. The summed E-state index contributed by atoms with van der Waals surface area (Å²) in [5, 5.41) is 3.71. The molecule has 0 aliphatic heterocycles. The molecule has 5 heteroatoms. The molecular formula is C17H19NO4. The van der Waals surface area contributed by atoms with Gasteiger partial charge in [-0.1, -0.05) is 11.2 Å². The molecule has 0 heterocycles. The zero-order valence-electron chi connectivity index (χ0n) is 12.7. The van der Waals surface area contributed by atoms with Crippen molar-refractivity contribution < 1.29 is 19.0 Å². The van der Waals surface area contributed by atoms with Gasteiger partial charge in [0, 0.05) is 6.07 Å². The van der Waals surface area contributed by atoms with E-state index >= 15 is 0 Å². The van der Waals surface area contributed by atoms with Crippen LogP contribution in [-0.2, 0) is 4.84 Å². The standard InChI is InChI=1S/C17H19NO4/c1-3-21-18-11-12-20-14-7-9-15(10-8-14)22-17-6-4-5-16(13-17)19-2/h4-11,13H,3,12H2,1-2H3/b18-11+. The lowest BCUT2D eigenvalue weighted by molar-refractivity contribution is 0.158. The van der Waals surface area contributed by atoms with E-state index in [4.69, 9.17) is 19.0 Å². The number of oxime groups is 1. The highest BCUT2D eigenvalue weighted by molar-refractivity contribution is 5.58. The van der Waals surface area contributed by atoms with E-state index in [1.165, 1.54) is 0 Å². The van der Waals surface area contributed by atoms with Gasteiger partial charge >= 0.3 is 0 Å². The van der Waals surface area contributed by atoms with E-state index in [0.29, 0.717) is 13.2 Å². The van der Waals surface area contributed by atoms with Crippen LogP contribution in [0.4, 0.5) is 0 Å². The Balaban J connectivity index is 1.88. The number of methoxy groups -OCH3 is 1. The lowest BCUT2D eigenvalue weighted by Gasteiger charge is -2.08. The van der Waals surface area contributed by atoms with Gasteiger partial charge in [0.05, 0.1) is 13.3 Å². The van der Waals surface area contributed by atoms with Crippen LogP contribution in [0.2, 0.25) is 0 Å². The first-order valence-electron chi connectivity index (χ1n) is 7.00. The minimum absolute atomic E-state index is 0.357. The fourth-order valence-electron chi connectivity index (χ4n) is 1.70. The van der Waals surface area contributed by atoms with Crippen molar-refractivity contribution in [2.75, 3.05) is 20.3 Å². The molecule has 0 saturated heterocycles. The Hall–Kier alpha value is -2.69. The lowest BCUT2D eigenvalue weighted by Crippen LogP contribution is -1.98. The quantitative estimate of drug-likeness (QED) is 0.548. The van der Waals surface area contributed by atoms with E-state index < -0.39 is 0 Å². The van der Waals surface area contributed by atoms with Crippen molar-refractivity contribution in [1.29, 1.82) is 0 Å². The smallest absolute Gasteiger partial charge is 0.131 e. The van der Waals surface area contributed by atoms with Gasteiger partial charge in [0.25, 0.3) is 0 Å². The average molecular weight is 301 g/mol. The summed E-state index contributed by atoms with van der Waals surface area (Å²) in [6, 6.07) is 14.8. The average Bonchev–Trinajstić information content (AvgIpc) is 2.56. The minimum atomic E-state index is 0.357. The predicted octanol–water partition coefficient (Wildman–Crippen LogP) is 3.89. The summed E-state index contributed by atoms with van der Waals surface area (Å²) in [6.45, 7) is 2.78. The third-order valence-electron chi connectivity index (χ3n) is 2.70. The van der Waals surface area contributed by atoms with Gasteiger partial charge < -0.3 is 19.0 Å². The molecule has 0 aliphatic carbocycles. The van der Waals surface area contributed by atoms with Gasteiger partial charge in [-0.3, -0.25) is 0 Å². The molecule has 2 aromatic carbocycles. The Morgan fingerprint density at radius 1 is 0.955 bits per heavy atom. The number of rotatable bonds is 8. The van der Waals surface area contributed by atoms with Crippen LogP contribution in [0.5, 0.6) is 23.0 Å². The van der Waals surface area contributed by atoms with Crippen molar-refractivity contribution in [1.82, 2.24) is 0 Å². The largest absolute Gasteiger partial charge is 0.497 e. The molecule has 0 amide bonds. The maximum Gasteiger partial charge on any atom is 0.131 e. The van der Waals surface area contributed by atoms with E-state index in [2.05, 4.69) is 5.16 Å². The van der Waals surface area contributed by atoms with Gasteiger partial charge in [-0.05, 0) is 43.3 Å². The van der Waals surface area contributed by atoms with Crippen LogP contribution in [0.3, 0.4) is 0 Å². The molecule has 2 aromatic rings. The molecule has 0 fully saturated rings. The summed E-state index contributed by atoms with van der Waals surface area (Å²) in [5.41, 5.74) is 0. The molecule has 0 saturated carbocycles. The number of ether oxygens (including phenoxy) is 3. The first-order valence-corrected chi connectivity index (χ1v) is 7.00. The van der Waals surface area contributed by atoms with Crippen LogP contribution < -0.4 is 14.2 Å². The highest BCUT2D eigenvalue weighted by Gasteiger charge is 2.00. The molecule has 0 atom stereocenters. The molecule has 0 spiro atoms. The van der Waals surface area contributed by atoms with Gasteiger partial charge in [0.15, 0.2) is 0 Å². The fourth-order valence-corrected chi connectivity index (χ4v) is 1.70. The van der Waals surface area contributed by atoms with E-state index in [0.717, 1.165) is 23.0 Å². The Bertz CT molecular complexity index is 596. The number of hydrogen-bond donors (Lipinski definition) is 0. The SMILES string of the molecule is CCO/N=C/COc1ccc(Oc2cccc(OC)c2)cc1. The maximum atomic E-state index is 5.75. The van der Waals surface area contributed by atoms with Crippen molar-refractivity contribution in [2.24, 2.45) is 5.16 Å². The minimum Gasteiger partial charge on any atom is -0.497 e. The summed E-state index contributed by atoms with van der Waals surface area (Å²) >= 11 is 0. The van der Waals surface area contributed by atoms with Crippen molar-refractivity contribution in [3.05, 3.63) is 48.5 Å². The highest BCUT2D eigenvalue weighted by Crippen LogP contribution is 2.26. The number of benzene rings is 2. The van der Waals surface area contributed by atoms with Crippen LogP contribution in [0, 0.1) is 0 Å². The molecule has 0 aliphatic rings. The molecule has 0 bridgehead atoms. The summed E-state index contributed by atoms with van der Waals surface area (Å²) in [7, 11) is 1.63. The Labute approximate surface area is 130 Å². The predicted molar refractivity (Wildman–Crippen MR) is 85.1 cm³/mol. The number of nitrogens with zero attached hydrogens (tertiary/aromatic N) is 1. The molecule has 0 radical (unpaired) electrons. The van der Waals surface area contributed by atoms with Gasteiger partial charge in [0.2, 0.25) is 0 Å². The molecule has 22 heavy (non-hydrogen) atoms. The third-order valence-corrected chi connectivity index (χ3v) is 2.70. The van der Waals surface area contributed by atoms with E-state index in [9.17, 15) is 0 Å². The van der Waals surface area contributed by atoms with Crippen molar-refractivity contribution >= 4 is 6.21 Å². The van der Waals surface area contributed by atoms with Crippen molar-refractivity contribution in [3.63, 3.8) is 0 Å². The fraction of sp³-hybridized carbons (Fsp3) is 0.235. The van der Waals surface area contributed by atoms with Crippen LogP contribution >= 0.6 is 0 Å². The monoisotopic (exact) mass is 301 g/mol. The highest BCUT2D eigenvalue weighted by atomic mass is 16.6. The van der Waals surface area contributed by atoms with Gasteiger partial charge in [-0.15, -0.1) is 0 Å². The molecular weight excluding hydrogens is 282 g/mol. The third kappa shape index (κ3) is 5.01. The second-order valence-corrected chi connectivity index (χ2v) is 4.27. The zero-order chi connectivity index (χ0) is 15.6. The first kappa shape index (κ1) is 15.7. The van der Waals surface area contributed by atoms with Crippen molar-refractivity contribution in [3.8, 4) is 23.0 Å². The molecule has 0 aromatic heterocycles. The second-order valence-electron chi connectivity index (χ2n) is 4.27. The van der Waals surface area contributed by atoms with Crippen molar-refractivity contribution in [2.45, 2.75) is 6.92 Å². The second kappa shape index (κ2) is 8.56. The number of hydrogen-bond acceptors (Lipinski definition) is 5. The molecule has 0 unspecified atom stereocenters. The molecule has 0 N–H and O–H groups in total. The summed E-state index contributed by atoms with van der Waals surface area (Å²) in [6.07, 6.45) is 1.57. The van der Waals surface area contributed by atoms with Gasteiger partial charge in [-0.2, -0.15) is 0 Å². The molecule has 5 nitrogen and oxygen atoms in total. The summed E-state index contributed by atoms with van der Waals surface area (Å²) in [5.74, 6) is 2.94. The van der Waals surface area contributed by atoms with E-state index in [1.807, 2.05) is 55.5 Å².